The Bertz CT molecular complexity index is 725. The number of anilines is 1. The number of nitrogens with zero attached hydrogens (tertiary/aromatic N) is 2. The zero-order valence-corrected chi connectivity index (χ0v) is 14.9. The summed E-state index contributed by atoms with van der Waals surface area (Å²) in [5.41, 5.74) is 1.14. The summed E-state index contributed by atoms with van der Waals surface area (Å²) in [4.78, 5) is 16.5. The smallest absolute Gasteiger partial charge is 0.226 e. The van der Waals surface area contributed by atoms with Gasteiger partial charge in [-0.05, 0) is 36.4 Å². The lowest BCUT2D eigenvalue weighted by molar-refractivity contribution is -0.132. The number of para-hydroxylation sites is 2. The molecule has 1 heterocycles. The summed E-state index contributed by atoms with van der Waals surface area (Å²) >= 11 is 0. The van der Waals surface area contributed by atoms with E-state index in [2.05, 4.69) is 4.90 Å². The lowest BCUT2D eigenvalue weighted by Crippen LogP contribution is -2.49. The van der Waals surface area contributed by atoms with Gasteiger partial charge in [0.2, 0.25) is 5.91 Å². The van der Waals surface area contributed by atoms with E-state index in [9.17, 15) is 9.90 Å². The van der Waals surface area contributed by atoms with Crippen LogP contribution in [-0.2, 0) is 4.79 Å². The van der Waals surface area contributed by atoms with Gasteiger partial charge in [-0.1, -0.05) is 12.1 Å². The number of aromatic hydroxyl groups is 1. The lowest BCUT2D eigenvalue weighted by atomic mass is 10.2. The Kier molecular flexibility index (Phi) is 5.84. The van der Waals surface area contributed by atoms with Gasteiger partial charge in [-0.15, -0.1) is 0 Å². The zero-order chi connectivity index (χ0) is 18.4. The van der Waals surface area contributed by atoms with Crippen LogP contribution in [0, 0.1) is 0 Å². The van der Waals surface area contributed by atoms with Crippen molar-refractivity contribution in [3.8, 4) is 17.2 Å². The maximum Gasteiger partial charge on any atom is 0.226 e. The van der Waals surface area contributed by atoms with E-state index in [1.807, 2.05) is 29.2 Å². The van der Waals surface area contributed by atoms with E-state index >= 15 is 0 Å². The van der Waals surface area contributed by atoms with Crippen LogP contribution in [0.3, 0.4) is 0 Å². The van der Waals surface area contributed by atoms with Crippen LogP contribution in [0.15, 0.2) is 48.5 Å². The van der Waals surface area contributed by atoms with Gasteiger partial charge in [0.15, 0.2) is 11.5 Å². The summed E-state index contributed by atoms with van der Waals surface area (Å²) in [5, 5.41) is 9.66. The van der Waals surface area contributed by atoms with E-state index in [1.54, 1.807) is 31.4 Å². The maximum atomic E-state index is 12.3. The van der Waals surface area contributed by atoms with Crippen molar-refractivity contribution in [1.29, 1.82) is 0 Å². The van der Waals surface area contributed by atoms with E-state index in [0.717, 1.165) is 24.5 Å². The van der Waals surface area contributed by atoms with Gasteiger partial charge in [-0.25, -0.2) is 0 Å². The van der Waals surface area contributed by atoms with Crippen molar-refractivity contribution >= 4 is 11.6 Å². The SMILES string of the molecule is COc1ccc(N2CCN(C(=O)CCOc3ccccc3O)CC2)cc1. The molecule has 0 aliphatic carbocycles. The predicted molar refractivity (Wildman–Crippen MR) is 100 cm³/mol. The molecule has 138 valence electrons. The number of hydrogen-bond donors (Lipinski definition) is 1. The molecule has 2 aromatic rings. The van der Waals surface area contributed by atoms with Gasteiger partial charge in [0.05, 0.1) is 20.1 Å². The molecule has 1 saturated heterocycles. The standard InChI is InChI=1S/C20H24N2O4/c1-25-17-8-6-16(7-9-17)21-11-13-22(14-12-21)20(24)10-15-26-19-5-3-2-4-18(19)23/h2-9,23H,10-15H2,1H3. The van der Waals surface area contributed by atoms with Crippen molar-refractivity contribution in [3.05, 3.63) is 48.5 Å². The number of methoxy groups -OCH3 is 1. The Hall–Kier alpha value is -2.89. The molecule has 6 heteroatoms. The third kappa shape index (κ3) is 4.39. The molecule has 0 aromatic heterocycles. The van der Waals surface area contributed by atoms with Crippen molar-refractivity contribution in [1.82, 2.24) is 4.90 Å². The second-order valence-electron chi connectivity index (χ2n) is 6.13. The molecular weight excluding hydrogens is 332 g/mol. The minimum absolute atomic E-state index is 0.0785. The lowest BCUT2D eigenvalue weighted by Gasteiger charge is -2.36. The normalized spacial score (nSPS) is 14.2. The highest BCUT2D eigenvalue weighted by atomic mass is 16.5. The zero-order valence-electron chi connectivity index (χ0n) is 14.9. The van der Waals surface area contributed by atoms with Crippen molar-refractivity contribution < 1.29 is 19.4 Å². The second kappa shape index (κ2) is 8.47. The van der Waals surface area contributed by atoms with Gasteiger partial charge in [0.25, 0.3) is 0 Å². The Balaban J connectivity index is 1.43. The highest BCUT2D eigenvalue weighted by Gasteiger charge is 2.21. The minimum Gasteiger partial charge on any atom is -0.504 e. The number of benzene rings is 2. The Morgan fingerprint density at radius 3 is 2.38 bits per heavy atom. The molecule has 1 aliphatic heterocycles. The number of phenolic OH excluding ortho intramolecular Hbond substituents is 1. The third-order valence-corrected chi connectivity index (χ3v) is 4.51. The second-order valence-corrected chi connectivity index (χ2v) is 6.13. The number of rotatable bonds is 6. The molecule has 1 N–H and O–H groups in total. The van der Waals surface area contributed by atoms with Crippen molar-refractivity contribution in [2.24, 2.45) is 0 Å². The molecule has 6 nitrogen and oxygen atoms in total. The van der Waals surface area contributed by atoms with E-state index < -0.39 is 0 Å². The molecule has 1 fully saturated rings. The molecule has 3 rings (SSSR count). The quantitative estimate of drug-likeness (QED) is 0.862. The fourth-order valence-corrected chi connectivity index (χ4v) is 2.99. The van der Waals surface area contributed by atoms with E-state index in [0.29, 0.717) is 25.3 Å². The van der Waals surface area contributed by atoms with Crippen LogP contribution in [0.5, 0.6) is 17.2 Å². The van der Waals surface area contributed by atoms with Gasteiger partial charge in [0, 0.05) is 31.9 Å². The molecule has 0 radical (unpaired) electrons. The van der Waals surface area contributed by atoms with Crippen molar-refractivity contribution in [2.45, 2.75) is 6.42 Å². The summed E-state index contributed by atoms with van der Waals surface area (Å²) in [6.45, 7) is 3.26. The molecule has 1 aliphatic rings. The number of amides is 1. The van der Waals surface area contributed by atoms with Gasteiger partial charge in [-0.2, -0.15) is 0 Å². The molecule has 26 heavy (non-hydrogen) atoms. The van der Waals surface area contributed by atoms with E-state index in [4.69, 9.17) is 9.47 Å². The average molecular weight is 356 g/mol. The molecule has 1 amide bonds. The number of carbonyl (C=O) groups is 1. The number of ether oxygens (including phenoxy) is 2. The average Bonchev–Trinajstić information content (AvgIpc) is 2.69. The fourth-order valence-electron chi connectivity index (χ4n) is 2.99. The number of phenols is 1. The van der Waals surface area contributed by atoms with Gasteiger partial charge in [0.1, 0.15) is 5.75 Å². The minimum atomic E-state index is 0.0785. The summed E-state index contributed by atoms with van der Waals surface area (Å²) in [5.74, 6) is 1.42. The largest absolute Gasteiger partial charge is 0.504 e. The Morgan fingerprint density at radius 2 is 1.73 bits per heavy atom. The van der Waals surface area contributed by atoms with Crippen LogP contribution < -0.4 is 14.4 Å². The van der Waals surface area contributed by atoms with Gasteiger partial charge < -0.3 is 24.4 Å². The fraction of sp³-hybridized carbons (Fsp3) is 0.350. The maximum absolute atomic E-state index is 12.3. The number of piperazine rings is 1. The highest BCUT2D eigenvalue weighted by Crippen LogP contribution is 2.24. The first-order chi connectivity index (χ1) is 12.7. The third-order valence-electron chi connectivity index (χ3n) is 4.51. The molecule has 0 unspecified atom stereocenters. The Labute approximate surface area is 153 Å². The van der Waals surface area contributed by atoms with Crippen LogP contribution in [0.1, 0.15) is 6.42 Å². The van der Waals surface area contributed by atoms with Crippen molar-refractivity contribution in [2.75, 3.05) is 44.8 Å². The summed E-state index contributed by atoms with van der Waals surface area (Å²) in [6, 6.07) is 14.7. The van der Waals surface area contributed by atoms with Crippen LogP contribution in [0.2, 0.25) is 0 Å². The monoisotopic (exact) mass is 356 g/mol. The molecule has 0 saturated carbocycles. The van der Waals surface area contributed by atoms with E-state index in [-0.39, 0.29) is 18.3 Å². The first-order valence-electron chi connectivity index (χ1n) is 8.75. The Morgan fingerprint density at radius 1 is 1.04 bits per heavy atom. The summed E-state index contributed by atoms with van der Waals surface area (Å²) in [7, 11) is 1.66. The van der Waals surface area contributed by atoms with E-state index in [1.165, 1.54) is 0 Å². The number of carbonyl (C=O) groups excluding carboxylic acids is 1. The topological polar surface area (TPSA) is 62.2 Å². The first kappa shape index (κ1) is 17.9. The van der Waals surface area contributed by atoms with Crippen LogP contribution >= 0.6 is 0 Å². The molecule has 0 spiro atoms. The molecule has 0 atom stereocenters. The van der Waals surface area contributed by atoms with Crippen molar-refractivity contribution in [3.63, 3.8) is 0 Å². The molecular formula is C20H24N2O4. The summed E-state index contributed by atoms with van der Waals surface area (Å²) < 4.78 is 10.7. The van der Waals surface area contributed by atoms with Crippen LogP contribution in [-0.4, -0.2) is 55.8 Å². The molecule has 2 aromatic carbocycles. The first-order valence-corrected chi connectivity index (χ1v) is 8.75. The highest BCUT2D eigenvalue weighted by molar-refractivity contribution is 5.76. The number of hydrogen-bond acceptors (Lipinski definition) is 5. The van der Waals surface area contributed by atoms with Crippen LogP contribution in [0.4, 0.5) is 5.69 Å². The summed E-state index contributed by atoms with van der Waals surface area (Å²) in [6.07, 6.45) is 0.302. The predicted octanol–water partition coefficient (Wildman–Crippen LogP) is 2.52. The van der Waals surface area contributed by atoms with Gasteiger partial charge in [-0.3, -0.25) is 4.79 Å². The van der Waals surface area contributed by atoms with Gasteiger partial charge >= 0.3 is 0 Å². The molecule has 0 bridgehead atoms. The van der Waals surface area contributed by atoms with Crippen LogP contribution in [0.25, 0.3) is 0 Å².